The molecule has 4 nitrogen and oxygen atoms in total. The van der Waals surface area contributed by atoms with E-state index in [0.717, 1.165) is 24.5 Å². The van der Waals surface area contributed by atoms with Crippen LogP contribution in [-0.2, 0) is 11.2 Å². The molecule has 0 spiro atoms. The van der Waals surface area contributed by atoms with Gasteiger partial charge in [-0.1, -0.05) is 6.92 Å². The van der Waals surface area contributed by atoms with Crippen LogP contribution in [0.3, 0.4) is 0 Å². The van der Waals surface area contributed by atoms with Crippen molar-refractivity contribution in [3.05, 3.63) is 23.3 Å². The van der Waals surface area contributed by atoms with Gasteiger partial charge in [-0.25, -0.2) is 0 Å². The molecular weight excluding hydrogens is 242 g/mol. The number of nitrogens with zero attached hydrogens (tertiary/aromatic N) is 1. The molecule has 0 saturated heterocycles. The van der Waals surface area contributed by atoms with E-state index in [1.165, 1.54) is 11.1 Å². The van der Waals surface area contributed by atoms with Gasteiger partial charge in [-0.05, 0) is 36.6 Å². The van der Waals surface area contributed by atoms with Crippen molar-refractivity contribution in [1.82, 2.24) is 4.90 Å². The summed E-state index contributed by atoms with van der Waals surface area (Å²) in [5.41, 5.74) is 2.47. The quantitative estimate of drug-likeness (QED) is 0.778. The van der Waals surface area contributed by atoms with E-state index in [9.17, 15) is 4.79 Å². The fraction of sp³-hybridized carbons (Fsp3) is 0.533. The Bertz CT molecular complexity index is 512. The van der Waals surface area contributed by atoms with Gasteiger partial charge in [-0.3, -0.25) is 4.79 Å². The van der Waals surface area contributed by atoms with Crippen LogP contribution in [-0.4, -0.2) is 30.6 Å². The molecule has 0 radical (unpaired) electrons. The Morgan fingerprint density at radius 2 is 2.00 bits per heavy atom. The summed E-state index contributed by atoms with van der Waals surface area (Å²) >= 11 is 0. The summed E-state index contributed by atoms with van der Waals surface area (Å²) in [6, 6.07) is 4.24. The SMILES string of the molecule is CCC(=O)N1CCc2cc3c(cc2C1C)OCCO3. The third kappa shape index (κ3) is 2.05. The van der Waals surface area contributed by atoms with Crippen LogP contribution in [0.25, 0.3) is 0 Å². The molecule has 1 aromatic carbocycles. The third-order valence-corrected chi connectivity index (χ3v) is 3.97. The van der Waals surface area contributed by atoms with Crippen molar-refractivity contribution >= 4 is 5.91 Å². The van der Waals surface area contributed by atoms with Crippen molar-refractivity contribution in [3.63, 3.8) is 0 Å². The normalized spacial score (nSPS) is 20.9. The highest BCUT2D eigenvalue weighted by Gasteiger charge is 2.28. The predicted octanol–water partition coefficient (Wildman–Crippen LogP) is 2.31. The Balaban J connectivity index is 1.97. The zero-order valence-corrected chi connectivity index (χ0v) is 11.4. The van der Waals surface area contributed by atoms with E-state index in [0.29, 0.717) is 19.6 Å². The molecule has 1 aromatic rings. The fourth-order valence-electron chi connectivity index (χ4n) is 2.90. The van der Waals surface area contributed by atoms with Gasteiger partial charge in [0.2, 0.25) is 5.91 Å². The minimum absolute atomic E-state index is 0.118. The Morgan fingerprint density at radius 3 is 2.68 bits per heavy atom. The van der Waals surface area contributed by atoms with E-state index in [2.05, 4.69) is 13.0 Å². The summed E-state index contributed by atoms with van der Waals surface area (Å²) < 4.78 is 11.2. The van der Waals surface area contributed by atoms with Gasteiger partial charge in [0, 0.05) is 13.0 Å². The van der Waals surface area contributed by atoms with E-state index in [4.69, 9.17) is 9.47 Å². The maximum atomic E-state index is 11.9. The molecule has 3 rings (SSSR count). The number of ether oxygens (including phenoxy) is 2. The second-order valence-electron chi connectivity index (χ2n) is 5.06. The highest BCUT2D eigenvalue weighted by Crippen LogP contribution is 2.39. The van der Waals surface area contributed by atoms with E-state index >= 15 is 0 Å². The zero-order chi connectivity index (χ0) is 13.4. The number of fused-ring (bicyclic) bond motifs is 2. The molecule has 0 aromatic heterocycles. The number of hydrogen-bond acceptors (Lipinski definition) is 3. The summed E-state index contributed by atoms with van der Waals surface area (Å²) in [7, 11) is 0. The largest absolute Gasteiger partial charge is 0.486 e. The molecule has 2 heterocycles. The standard InChI is InChI=1S/C15H19NO3/c1-3-15(17)16-5-4-11-8-13-14(19-7-6-18-13)9-12(11)10(16)2/h8-10H,3-7H2,1-2H3. The van der Waals surface area contributed by atoms with Crippen molar-refractivity contribution < 1.29 is 14.3 Å². The smallest absolute Gasteiger partial charge is 0.222 e. The van der Waals surface area contributed by atoms with Crippen molar-refractivity contribution in [2.75, 3.05) is 19.8 Å². The summed E-state index contributed by atoms with van der Waals surface area (Å²) in [5.74, 6) is 1.86. The summed E-state index contributed by atoms with van der Waals surface area (Å²) in [5, 5.41) is 0. The molecule has 2 aliphatic heterocycles. The molecule has 1 atom stereocenters. The summed E-state index contributed by atoms with van der Waals surface area (Å²) in [6.45, 7) is 6.00. The summed E-state index contributed by atoms with van der Waals surface area (Å²) in [4.78, 5) is 13.9. The first-order valence-electron chi connectivity index (χ1n) is 6.92. The van der Waals surface area contributed by atoms with Crippen LogP contribution in [0.2, 0.25) is 0 Å². The van der Waals surface area contributed by atoms with Crippen LogP contribution in [0, 0.1) is 0 Å². The Labute approximate surface area is 113 Å². The van der Waals surface area contributed by atoms with E-state index < -0.39 is 0 Å². The van der Waals surface area contributed by atoms with Gasteiger partial charge in [-0.2, -0.15) is 0 Å². The summed E-state index contributed by atoms with van der Waals surface area (Å²) in [6.07, 6.45) is 1.45. The molecule has 0 bridgehead atoms. The molecule has 0 saturated carbocycles. The number of carbonyl (C=O) groups excluding carboxylic acids is 1. The van der Waals surface area contributed by atoms with Gasteiger partial charge in [0.25, 0.3) is 0 Å². The Hall–Kier alpha value is -1.71. The van der Waals surface area contributed by atoms with E-state index in [-0.39, 0.29) is 11.9 Å². The minimum Gasteiger partial charge on any atom is -0.486 e. The topological polar surface area (TPSA) is 38.8 Å². The minimum atomic E-state index is 0.118. The predicted molar refractivity (Wildman–Crippen MR) is 71.6 cm³/mol. The van der Waals surface area contributed by atoms with Crippen LogP contribution < -0.4 is 9.47 Å². The van der Waals surface area contributed by atoms with Crippen LogP contribution in [0.4, 0.5) is 0 Å². The second kappa shape index (κ2) is 4.76. The highest BCUT2D eigenvalue weighted by molar-refractivity contribution is 5.77. The lowest BCUT2D eigenvalue weighted by molar-refractivity contribution is -0.133. The number of carbonyl (C=O) groups is 1. The van der Waals surface area contributed by atoms with Crippen LogP contribution in [0.5, 0.6) is 11.5 Å². The average molecular weight is 261 g/mol. The fourth-order valence-corrected chi connectivity index (χ4v) is 2.90. The third-order valence-electron chi connectivity index (χ3n) is 3.97. The van der Waals surface area contributed by atoms with E-state index in [1.807, 2.05) is 17.9 Å². The molecule has 102 valence electrons. The van der Waals surface area contributed by atoms with Gasteiger partial charge in [-0.15, -0.1) is 0 Å². The number of rotatable bonds is 1. The first kappa shape index (κ1) is 12.3. The lowest BCUT2D eigenvalue weighted by Crippen LogP contribution is -2.38. The van der Waals surface area contributed by atoms with E-state index in [1.54, 1.807) is 0 Å². The van der Waals surface area contributed by atoms with Gasteiger partial charge >= 0.3 is 0 Å². The molecule has 0 N–H and O–H groups in total. The monoisotopic (exact) mass is 261 g/mol. The highest BCUT2D eigenvalue weighted by atomic mass is 16.6. The lowest BCUT2D eigenvalue weighted by Gasteiger charge is -2.36. The van der Waals surface area contributed by atoms with Gasteiger partial charge in [0.05, 0.1) is 6.04 Å². The maximum Gasteiger partial charge on any atom is 0.222 e. The van der Waals surface area contributed by atoms with Crippen LogP contribution >= 0.6 is 0 Å². The van der Waals surface area contributed by atoms with Crippen molar-refractivity contribution in [2.24, 2.45) is 0 Å². The number of amides is 1. The first-order valence-corrected chi connectivity index (χ1v) is 6.92. The number of hydrogen-bond donors (Lipinski definition) is 0. The van der Waals surface area contributed by atoms with Gasteiger partial charge in [0.15, 0.2) is 11.5 Å². The molecule has 4 heteroatoms. The molecule has 0 aliphatic carbocycles. The van der Waals surface area contributed by atoms with Gasteiger partial charge < -0.3 is 14.4 Å². The van der Waals surface area contributed by atoms with Crippen LogP contribution in [0.15, 0.2) is 12.1 Å². The van der Waals surface area contributed by atoms with Crippen molar-refractivity contribution in [3.8, 4) is 11.5 Å². The average Bonchev–Trinajstić information content (AvgIpc) is 2.45. The molecule has 0 fully saturated rings. The Morgan fingerprint density at radius 1 is 1.32 bits per heavy atom. The van der Waals surface area contributed by atoms with Crippen molar-refractivity contribution in [1.29, 1.82) is 0 Å². The zero-order valence-electron chi connectivity index (χ0n) is 11.4. The Kier molecular flexibility index (Phi) is 3.09. The maximum absolute atomic E-state index is 11.9. The molecule has 1 amide bonds. The molecular formula is C15H19NO3. The number of benzene rings is 1. The molecule has 1 unspecified atom stereocenters. The van der Waals surface area contributed by atoms with Gasteiger partial charge in [0.1, 0.15) is 13.2 Å². The lowest BCUT2D eigenvalue weighted by atomic mass is 9.92. The van der Waals surface area contributed by atoms with Crippen LogP contribution in [0.1, 0.15) is 37.4 Å². The second-order valence-corrected chi connectivity index (χ2v) is 5.06. The van der Waals surface area contributed by atoms with Crippen molar-refractivity contribution in [2.45, 2.75) is 32.7 Å². The molecule has 2 aliphatic rings. The molecule has 19 heavy (non-hydrogen) atoms. The first-order chi connectivity index (χ1) is 9.20.